The molecule has 15 aromatic rings. The summed E-state index contributed by atoms with van der Waals surface area (Å²) in [7, 11) is 0. The van der Waals surface area contributed by atoms with Gasteiger partial charge in [0.05, 0.1) is 60.9 Å². The molecule has 5 heteroatoms. The molecule has 2 aliphatic heterocycles. The Morgan fingerprint density at radius 2 is 0.559 bits per heavy atom. The molecule has 4 heterocycles. The molecule has 0 saturated heterocycles. The molecule has 13 aromatic carbocycles. The van der Waals surface area contributed by atoms with Gasteiger partial charge in [-0.15, -0.1) is 0 Å². The molecule has 0 spiro atoms. The highest BCUT2D eigenvalue weighted by Gasteiger charge is 2.47. The van der Waals surface area contributed by atoms with E-state index in [0.29, 0.717) is 39.3 Å². The minimum Gasteiger partial charge on any atom is -0.310 e. The smallest absolute Gasteiger partial charge is 0.252 e. The molecule has 0 N–H and O–H groups in total. The lowest BCUT2D eigenvalue weighted by Gasteiger charge is -2.47. The molecule has 0 aliphatic carbocycles. The first kappa shape index (κ1) is 53.1. The van der Waals surface area contributed by atoms with Gasteiger partial charge in [-0.05, 0) is 200 Å². The topological polar surface area (TPSA) is 16.3 Å². The van der Waals surface area contributed by atoms with Crippen LogP contribution in [0.4, 0.5) is 34.1 Å². The van der Waals surface area contributed by atoms with Crippen LogP contribution in [0.25, 0.3) is 99.5 Å². The first-order valence-corrected chi connectivity index (χ1v) is 38.7. The molecule has 554 valence electrons. The van der Waals surface area contributed by atoms with E-state index >= 15 is 0 Å². The Kier molecular flexibility index (Phi) is 12.4. The van der Waals surface area contributed by atoms with Gasteiger partial charge in [-0.25, -0.2) is 0 Å². The highest BCUT2D eigenvalue weighted by molar-refractivity contribution is 7.00. The van der Waals surface area contributed by atoms with Crippen LogP contribution in [-0.2, 0) is 37.9 Å². The van der Waals surface area contributed by atoms with E-state index < -0.39 is 165 Å². The number of hydrogen-bond acceptors (Lipinski definition) is 2. The summed E-state index contributed by atoms with van der Waals surface area (Å²) < 4.78 is 203. The first-order chi connectivity index (χ1) is 60.8. The molecule has 0 atom stereocenters. The summed E-state index contributed by atoms with van der Waals surface area (Å²) in [6, 6.07) is 37.8. The lowest BCUT2D eigenvalue weighted by atomic mass is 9.33. The van der Waals surface area contributed by atoms with Crippen molar-refractivity contribution in [2.45, 2.75) is 183 Å². The van der Waals surface area contributed by atoms with Crippen molar-refractivity contribution in [1.82, 2.24) is 9.13 Å². The van der Waals surface area contributed by atoms with Crippen LogP contribution in [0.2, 0.25) is 0 Å². The Bertz CT molecular complexity index is 7220. The van der Waals surface area contributed by atoms with Crippen molar-refractivity contribution in [2.75, 3.05) is 9.80 Å². The SMILES string of the molecule is [2H]c1cc(-n2c3c([2H])c([2H])c([2H])c([2H])c3c3c([2H])c([2H])c([2H])c([2H])c32)cc2c1B1c3c(cc(C(C)(C)C)cc3N(c3c(-c4cccc(C(C)(C)C)c4)cc(C(C)(C)C)cc3-c3cccc(C(C)(C)C)c3)c3c([2H])c(-n4c5c([2H])c([2H])c([2H])c([2H])c5c5c([2H])c([2H])c([2H])c([2H])c54)c([2H])c([2H])c31)N2c1c(-c2cccc(C(C)(C)C)c2)cc(C(C)(C)C)cc1-c1cccc(C(C)(C)C)c1. The summed E-state index contributed by atoms with van der Waals surface area (Å²) >= 11 is 0. The van der Waals surface area contributed by atoms with Crippen LogP contribution >= 0.6 is 0 Å². The normalized spacial score (nSPS) is 16.1. The summed E-state index contributed by atoms with van der Waals surface area (Å²) in [6.45, 7) is 43.8. The first-order valence-electron chi connectivity index (χ1n) is 48.7. The predicted octanol–water partition coefficient (Wildman–Crippen LogP) is 27.7. The Labute approximate surface area is 688 Å². The molecule has 4 nitrogen and oxygen atoms in total. The van der Waals surface area contributed by atoms with Crippen molar-refractivity contribution in [2.24, 2.45) is 0 Å². The second-order valence-electron chi connectivity index (χ2n) is 37.7. The average molecular weight is 1470 g/mol. The third kappa shape index (κ3) is 12.5. The molecule has 0 radical (unpaired) electrons. The van der Waals surface area contributed by atoms with E-state index in [1.54, 1.807) is 6.07 Å². The van der Waals surface area contributed by atoms with E-state index in [-0.39, 0.29) is 77.6 Å². The highest BCUT2D eigenvalue weighted by atomic mass is 15.2. The summed E-state index contributed by atoms with van der Waals surface area (Å²) in [4.78, 5) is 4.22. The van der Waals surface area contributed by atoms with Crippen LogP contribution in [0.1, 0.15) is 212 Å². The van der Waals surface area contributed by atoms with E-state index in [1.165, 1.54) is 15.2 Å². The minimum absolute atomic E-state index is 0.00999. The molecular formula is C106H107BN4. The zero-order valence-corrected chi connectivity index (χ0v) is 67.7. The number of fused-ring (bicyclic) bond motifs is 10. The summed E-state index contributed by atoms with van der Waals surface area (Å²) in [5.74, 6) is 0. The van der Waals surface area contributed by atoms with Gasteiger partial charge in [0.25, 0.3) is 6.71 Å². The Balaban J connectivity index is 1.19. The number of aromatic nitrogens is 2. The molecule has 0 bridgehead atoms. The standard InChI is InChI=1S/C106H107BN4/c1-100(2,3)70-38-30-34-66(54-70)83-58-74(104(13,14)15)59-84(67-35-31-39-71(55-67)101(4,5)6)98(83)110-93-64-77(108-89-46-26-22-42-79(89)80-43-23-27-47-90(80)108)50-52-87(93)107-88-53-51-78(109-91-48-28-24-44-81(91)82-45-25-29-49-92(82)109)65-94(88)111(96-63-76(106(19,20)21)62-95(110)97(96)107)99-85(68-36-32-40-72(56-68)102(7,8)9)60-75(105(16,17)18)61-86(99)69-37-33-41-73(57-69)103(10,11)12/h22-65H,1-21H3/i22D,23D,24D,25D,26D,27D,28D,29D,42D,43D,44D,45D,46D,47D,48D,49D,50D,52D,53D,64D. The van der Waals surface area contributed by atoms with Crippen molar-refractivity contribution < 1.29 is 27.4 Å². The van der Waals surface area contributed by atoms with Gasteiger partial charge >= 0.3 is 0 Å². The van der Waals surface area contributed by atoms with E-state index in [4.69, 9.17) is 0 Å². The number of rotatable bonds is 8. The monoisotopic (exact) mass is 1470 g/mol. The van der Waals surface area contributed by atoms with E-state index in [0.717, 1.165) is 72.3 Å². The van der Waals surface area contributed by atoms with Crippen LogP contribution in [0.3, 0.4) is 0 Å². The van der Waals surface area contributed by atoms with Crippen molar-refractivity contribution in [3.8, 4) is 55.9 Å². The lowest BCUT2D eigenvalue weighted by Crippen LogP contribution is -2.61. The predicted molar refractivity (Wildman–Crippen MR) is 482 cm³/mol. The van der Waals surface area contributed by atoms with Crippen LogP contribution in [0.15, 0.2) is 266 Å². The number of para-hydroxylation sites is 4. The fraction of sp³-hybridized carbons (Fsp3) is 0.264. The van der Waals surface area contributed by atoms with Crippen LogP contribution < -0.4 is 26.2 Å². The van der Waals surface area contributed by atoms with Gasteiger partial charge in [-0.3, -0.25) is 0 Å². The molecular weight excluding hydrogens is 1340 g/mol. The molecule has 2 aromatic heterocycles. The maximum absolute atomic E-state index is 12.0. The molecule has 0 fully saturated rings. The molecule has 0 saturated carbocycles. The zero-order valence-electron chi connectivity index (χ0n) is 87.7. The third-order valence-electron chi connectivity index (χ3n) is 22.7. The van der Waals surface area contributed by atoms with E-state index in [9.17, 15) is 27.4 Å². The van der Waals surface area contributed by atoms with Crippen molar-refractivity contribution in [1.29, 1.82) is 0 Å². The maximum Gasteiger partial charge on any atom is 0.252 e. The summed E-state index contributed by atoms with van der Waals surface area (Å²) in [6.07, 6.45) is 0. The largest absolute Gasteiger partial charge is 0.310 e. The average Bonchev–Trinajstić information content (AvgIpc) is 1.59. The Morgan fingerprint density at radius 3 is 0.892 bits per heavy atom. The van der Waals surface area contributed by atoms with Gasteiger partial charge in [0.15, 0.2) is 0 Å². The fourth-order valence-electron chi connectivity index (χ4n) is 16.2. The van der Waals surface area contributed by atoms with E-state index in [1.807, 2.05) is 17.0 Å². The number of benzene rings is 13. The quantitative estimate of drug-likeness (QED) is 0.141. The van der Waals surface area contributed by atoms with Gasteiger partial charge in [0.1, 0.15) is 0 Å². The lowest BCUT2D eigenvalue weighted by molar-refractivity contribution is 0.589. The summed E-state index contributed by atoms with van der Waals surface area (Å²) in [5, 5.41) is -0.996. The zero-order chi connectivity index (χ0) is 95.5. The van der Waals surface area contributed by atoms with Crippen molar-refractivity contribution in [3.05, 3.63) is 305 Å². The van der Waals surface area contributed by atoms with Crippen molar-refractivity contribution in [3.63, 3.8) is 0 Å². The Hall–Kier alpha value is -10.9. The second kappa shape index (κ2) is 25.9. The van der Waals surface area contributed by atoms with Gasteiger partial charge in [0.2, 0.25) is 0 Å². The number of anilines is 6. The number of nitrogens with zero attached hydrogens (tertiary/aromatic N) is 4. The molecule has 111 heavy (non-hydrogen) atoms. The maximum atomic E-state index is 12.0. The fourth-order valence-corrected chi connectivity index (χ4v) is 16.2. The van der Waals surface area contributed by atoms with Gasteiger partial charge in [0, 0.05) is 77.9 Å². The van der Waals surface area contributed by atoms with Crippen LogP contribution in [0, 0.1) is 0 Å². The molecule has 0 amide bonds. The number of hydrogen-bond donors (Lipinski definition) is 0. The van der Waals surface area contributed by atoms with Crippen LogP contribution in [-0.4, -0.2) is 15.8 Å². The van der Waals surface area contributed by atoms with Crippen LogP contribution in [0.5, 0.6) is 0 Å². The van der Waals surface area contributed by atoms with Gasteiger partial charge < -0.3 is 18.9 Å². The van der Waals surface area contributed by atoms with Crippen molar-refractivity contribution >= 4 is 101 Å². The van der Waals surface area contributed by atoms with Gasteiger partial charge in [-0.2, -0.15) is 0 Å². The van der Waals surface area contributed by atoms with E-state index in [2.05, 4.69) is 272 Å². The Morgan fingerprint density at radius 1 is 0.261 bits per heavy atom. The minimum atomic E-state index is -1.42. The molecule has 2 aliphatic rings. The third-order valence-corrected chi connectivity index (χ3v) is 22.7. The molecule has 17 rings (SSSR count). The second-order valence-corrected chi connectivity index (χ2v) is 37.7. The summed E-state index contributed by atoms with van der Waals surface area (Å²) in [5.41, 5.74) is 10.2. The molecule has 0 unspecified atom stereocenters. The van der Waals surface area contributed by atoms with Gasteiger partial charge in [-0.1, -0.05) is 327 Å². The highest BCUT2D eigenvalue weighted by Crippen LogP contribution is 2.57.